The number of benzene rings is 1. The molecule has 1 aromatic rings. The van der Waals surface area contributed by atoms with Gasteiger partial charge < -0.3 is 16.8 Å². The Hall–Kier alpha value is -2.30. The fourth-order valence-corrected chi connectivity index (χ4v) is 1.47. The number of anilines is 1. The van der Waals surface area contributed by atoms with Gasteiger partial charge >= 0.3 is 0 Å². The van der Waals surface area contributed by atoms with Crippen molar-refractivity contribution in [2.75, 3.05) is 12.3 Å². The second-order valence-electron chi connectivity index (χ2n) is 5.39. The summed E-state index contributed by atoms with van der Waals surface area (Å²) in [6.45, 7) is 12.5. The van der Waals surface area contributed by atoms with E-state index in [0.717, 1.165) is 36.2 Å². The molecule has 5 heteroatoms. The Balaban J connectivity index is 0.000000459. The van der Waals surface area contributed by atoms with Crippen molar-refractivity contribution in [1.82, 2.24) is 5.32 Å². The lowest BCUT2D eigenvalue weighted by Crippen LogP contribution is -2.18. The van der Waals surface area contributed by atoms with Crippen molar-refractivity contribution in [2.45, 2.75) is 26.7 Å². The van der Waals surface area contributed by atoms with E-state index in [1.165, 1.54) is 6.42 Å². The molecular weight excluding hydrogens is 296 g/mol. The Bertz CT molecular complexity index is 489. The normalized spacial score (nSPS) is 11.5. The number of nitrogens with one attached hydrogen (secondary N) is 1. The molecule has 0 heterocycles. The maximum absolute atomic E-state index is 12.1. The van der Waals surface area contributed by atoms with Crippen molar-refractivity contribution in [2.24, 2.45) is 11.7 Å². The van der Waals surface area contributed by atoms with Crippen LogP contribution < -0.4 is 16.8 Å². The number of nitrogen functional groups attached to an aromatic ring is 1. The molecule has 1 aromatic carbocycles. The standard InChI is InChI=1S/C12H22N2.C6H5F2N/c1-5-10(2)7-6-8-12(4)14-9-11(3)13;7-4-1-5(8)3-6(9)2-4/h6,8,10,14H,3-5,7,9,13H2,1-2H3;1-3H,9H2/b8-6+;. The van der Waals surface area contributed by atoms with Gasteiger partial charge in [0.05, 0.1) is 6.54 Å². The van der Waals surface area contributed by atoms with Crippen LogP contribution in [0.2, 0.25) is 0 Å². The van der Waals surface area contributed by atoms with Gasteiger partial charge in [0.1, 0.15) is 11.6 Å². The Kier molecular flexibility index (Phi) is 10.2. The maximum Gasteiger partial charge on any atom is 0.128 e. The zero-order valence-electron chi connectivity index (χ0n) is 13.9. The molecule has 1 rings (SSSR count). The molecule has 5 N–H and O–H groups in total. The van der Waals surface area contributed by atoms with Crippen molar-refractivity contribution in [3.63, 3.8) is 0 Å². The van der Waals surface area contributed by atoms with Gasteiger partial charge in [0.15, 0.2) is 0 Å². The molecule has 0 fully saturated rings. The average molecular weight is 323 g/mol. The largest absolute Gasteiger partial charge is 0.401 e. The van der Waals surface area contributed by atoms with E-state index in [4.69, 9.17) is 11.5 Å². The summed E-state index contributed by atoms with van der Waals surface area (Å²) in [6.07, 6.45) is 6.45. The highest BCUT2D eigenvalue weighted by Crippen LogP contribution is 2.08. The van der Waals surface area contributed by atoms with Crippen molar-refractivity contribution in [3.05, 3.63) is 66.5 Å². The topological polar surface area (TPSA) is 64.1 Å². The molecule has 0 aliphatic rings. The van der Waals surface area contributed by atoms with Gasteiger partial charge in [-0.2, -0.15) is 0 Å². The molecule has 0 aliphatic heterocycles. The van der Waals surface area contributed by atoms with Gasteiger partial charge in [-0.15, -0.1) is 0 Å². The average Bonchev–Trinajstić information content (AvgIpc) is 2.44. The maximum atomic E-state index is 12.1. The van der Waals surface area contributed by atoms with Crippen molar-refractivity contribution < 1.29 is 8.78 Å². The minimum atomic E-state index is -0.646. The van der Waals surface area contributed by atoms with E-state index in [2.05, 4.69) is 38.4 Å². The summed E-state index contributed by atoms with van der Waals surface area (Å²) in [5.74, 6) is -0.552. The first-order valence-electron chi connectivity index (χ1n) is 7.48. The van der Waals surface area contributed by atoms with Crippen LogP contribution in [0, 0.1) is 17.6 Å². The van der Waals surface area contributed by atoms with Crippen LogP contribution >= 0.6 is 0 Å². The number of hydrogen-bond donors (Lipinski definition) is 3. The highest BCUT2D eigenvalue weighted by atomic mass is 19.1. The van der Waals surface area contributed by atoms with E-state index in [-0.39, 0.29) is 5.69 Å². The van der Waals surface area contributed by atoms with Crippen LogP contribution in [0.25, 0.3) is 0 Å². The molecule has 0 spiro atoms. The zero-order chi connectivity index (χ0) is 17.8. The SMILES string of the molecule is C=C(N)CNC(=C)/C=C/CC(C)CC.Nc1cc(F)cc(F)c1. The predicted molar refractivity (Wildman–Crippen MR) is 94.5 cm³/mol. The van der Waals surface area contributed by atoms with Gasteiger partial charge in [0.25, 0.3) is 0 Å². The van der Waals surface area contributed by atoms with E-state index in [9.17, 15) is 8.78 Å². The van der Waals surface area contributed by atoms with Crippen LogP contribution in [0.3, 0.4) is 0 Å². The summed E-state index contributed by atoms with van der Waals surface area (Å²) in [7, 11) is 0. The third kappa shape index (κ3) is 12.0. The number of hydrogen-bond acceptors (Lipinski definition) is 3. The van der Waals surface area contributed by atoms with E-state index in [0.29, 0.717) is 12.2 Å². The third-order valence-corrected chi connectivity index (χ3v) is 2.98. The minimum absolute atomic E-state index is 0.104. The van der Waals surface area contributed by atoms with Gasteiger partial charge in [-0.25, -0.2) is 8.78 Å². The molecule has 0 saturated carbocycles. The summed E-state index contributed by atoms with van der Waals surface area (Å²) in [5.41, 5.74) is 12.1. The monoisotopic (exact) mass is 323 g/mol. The lowest BCUT2D eigenvalue weighted by molar-refractivity contribution is 0.571. The first-order chi connectivity index (χ1) is 10.7. The van der Waals surface area contributed by atoms with Crippen LogP contribution in [0.4, 0.5) is 14.5 Å². The molecular formula is C18H27F2N3. The highest BCUT2D eigenvalue weighted by molar-refractivity contribution is 5.37. The lowest BCUT2D eigenvalue weighted by Gasteiger charge is -2.06. The third-order valence-electron chi connectivity index (χ3n) is 2.98. The van der Waals surface area contributed by atoms with Gasteiger partial charge in [-0.1, -0.05) is 39.5 Å². The summed E-state index contributed by atoms with van der Waals surface area (Å²) in [6, 6.07) is 2.89. The molecule has 0 aliphatic carbocycles. The van der Waals surface area contributed by atoms with Gasteiger partial charge in [-0.05, 0) is 30.5 Å². The summed E-state index contributed by atoms with van der Waals surface area (Å²) in [4.78, 5) is 0. The molecule has 0 amide bonds. The van der Waals surface area contributed by atoms with Crippen LogP contribution in [-0.2, 0) is 0 Å². The zero-order valence-corrected chi connectivity index (χ0v) is 13.9. The predicted octanol–water partition coefficient (Wildman–Crippen LogP) is 4.10. The van der Waals surface area contributed by atoms with Crippen molar-refractivity contribution in [3.8, 4) is 0 Å². The van der Waals surface area contributed by atoms with Crippen LogP contribution in [0.1, 0.15) is 26.7 Å². The second-order valence-corrected chi connectivity index (χ2v) is 5.39. The highest BCUT2D eigenvalue weighted by Gasteiger charge is 1.95. The van der Waals surface area contributed by atoms with E-state index < -0.39 is 11.6 Å². The summed E-state index contributed by atoms with van der Waals surface area (Å²) < 4.78 is 24.2. The molecule has 23 heavy (non-hydrogen) atoms. The molecule has 0 aromatic heterocycles. The molecule has 0 saturated heterocycles. The van der Waals surface area contributed by atoms with Crippen molar-refractivity contribution >= 4 is 5.69 Å². The van der Waals surface area contributed by atoms with E-state index >= 15 is 0 Å². The van der Waals surface area contributed by atoms with Crippen molar-refractivity contribution in [1.29, 1.82) is 0 Å². The molecule has 1 unspecified atom stereocenters. The molecule has 128 valence electrons. The number of allylic oxidation sites excluding steroid dienone is 2. The Morgan fingerprint density at radius 1 is 1.26 bits per heavy atom. The summed E-state index contributed by atoms with van der Waals surface area (Å²) in [5, 5.41) is 3.07. The Morgan fingerprint density at radius 3 is 2.26 bits per heavy atom. The first kappa shape index (κ1) is 20.7. The fourth-order valence-electron chi connectivity index (χ4n) is 1.47. The number of rotatable bonds is 7. The number of nitrogens with two attached hydrogens (primary N) is 2. The van der Waals surface area contributed by atoms with Crippen LogP contribution in [0.5, 0.6) is 0 Å². The smallest absolute Gasteiger partial charge is 0.128 e. The van der Waals surface area contributed by atoms with E-state index in [1.54, 1.807) is 0 Å². The molecule has 3 nitrogen and oxygen atoms in total. The van der Waals surface area contributed by atoms with Crippen LogP contribution in [-0.4, -0.2) is 6.54 Å². The number of halogens is 2. The molecule has 1 atom stereocenters. The van der Waals surface area contributed by atoms with E-state index in [1.807, 2.05) is 6.08 Å². The van der Waals surface area contributed by atoms with Gasteiger partial charge in [-0.3, -0.25) is 0 Å². The minimum Gasteiger partial charge on any atom is -0.401 e. The van der Waals surface area contributed by atoms with Gasteiger partial charge in [0.2, 0.25) is 0 Å². The lowest BCUT2D eigenvalue weighted by atomic mass is 10.1. The van der Waals surface area contributed by atoms with Gasteiger partial charge in [0, 0.05) is 23.1 Å². The van der Waals surface area contributed by atoms with Crippen LogP contribution in [0.15, 0.2) is 54.9 Å². The summed E-state index contributed by atoms with van der Waals surface area (Å²) >= 11 is 0. The Labute approximate surface area is 137 Å². The Morgan fingerprint density at radius 2 is 1.83 bits per heavy atom. The fraction of sp³-hybridized carbons (Fsp3) is 0.333. The first-order valence-corrected chi connectivity index (χ1v) is 7.48. The molecule has 0 bridgehead atoms. The quantitative estimate of drug-likeness (QED) is 0.523. The second kappa shape index (κ2) is 11.3. The molecule has 0 radical (unpaired) electrons.